The minimum atomic E-state index is -0.349. The van der Waals surface area contributed by atoms with Crippen LogP contribution in [0.4, 0.5) is 10.1 Å². The van der Waals surface area contributed by atoms with E-state index in [0.717, 1.165) is 39.1 Å². The topological polar surface area (TPSA) is 26.7 Å². The highest BCUT2D eigenvalue weighted by Gasteiger charge is 2.19. The lowest BCUT2D eigenvalue weighted by Gasteiger charge is -2.36. The van der Waals surface area contributed by atoms with Crippen LogP contribution in [-0.2, 0) is 6.42 Å². The van der Waals surface area contributed by atoms with Crippen molar-refractivity contribution < 1.29 is 9.50 Å². The third kappa shape index (κ3) is 3.57. The van der Waals surface area contributed by atoms with Gasteiger partial charge in [0.2, 0.25) is 0 Å². The van der Waals surface area contributed by atoms with Gasteiger partial charge >= 0.3 is 0 Å². The smallest absolute Gasteiger partial charge is 0.150 e. The highest BCUT2D eigenvalue weighted by Crippen LogP contribution is 2.24. The summed E-state index contributed by atoms with van der Waals surface area (Å²) in [6.45, 7) is 4.54. The molecule has 1 fully saturated rings. The molecule has 0 radical (unpaired) electrons. The summed E-state index contributed by atoms with van der Waals surface area (Å²) in [5.41, 5.74) is 1.94. The van der Waals surface area contributed by atoms with Crippen molar-refractivity contribution in [3.05, 3.63) is 59.9 Å². The molecule has 0 bridgehead atoms. The van der Waals surface area contributed by atoms with Crippen molar-refractivity contribution in [2.24, 2.45) is 0 Å². The van der Waals surface area contributed by atoms with E-state index in [2.05, 4.69) is 29.2 Å². The number of halogens is 1. The fourth-order valence-electron chi connectivity index (χ4n) is 2.90. The van der Waals surface area contributed by atoms with Gasteiger partial charge in [-0.3, -0.25) is 4.90 Å². The Morgan fingerprint density at radius 3 is 2.36 bits per heavy atom. The van der Waals surface area contributed by atoms with Crippen LogP contribution in [0.1, 0.15) is 5.56 Å². The largest absolute Gasteiger partial charge is 0.508 e. The number of phenolic OH excluding ortho intramolecular Hbond substituents is 1. The van der Waals surface area contributed by atoms with Crippen LogP contribution < -0.4 is 4.90 Å². The molecule has 3 nitrogen and oxygen atoms in total. The fraction of sp³-hybridized carbons (Fsp3) is 0.333. The Morgan fingerprint density at radius 1 is 0.955 bits per heavy atom. The number of rotatable bonds is 4. The lowest BCUT2D eigenvalue weighted by Crippen LogP contribution is -2.47. The van der Waals surface area contributed by atoms with Gasteiger partial charge in [0, 0.05) is 38.8 Å². The summed E-state index contributed by atoms with van der Waals surface area (Å²) in [7, 11) is 0. The molecule has 3 rings (SSSR count). The van der Waals surface area contributed by atoms with E-state index in [1.54, 1.807) is 12.1 Å². The van der Waals surface area contributed by atoms with Gasteiger partial charge in [-0.15, -0.1) is 0 Å². The van der Waals surface area contributed by atoms with E-state index in [1.807, 2.05) is 11.0 Å². The normalized spacial score (nSPS) is 16.0. The van der Waals surface area contributed by atoms with Crippen molar-refractivity contribution in [1.82, 2.24) is 4.90 Å². The van der Waals surface area contributed by atoms with Gasteiger partial charge in [0.25, 0.3) is 0 Å². The zero-order valence-corrected chi connectivity index (χ0v) is 12.6. The molecule has 4 heteroatoms. The Bertz CT molecular complexity index is 610. The average Bonchev–Trinajstić information content (AvgIpc) is 2.55. The molecule has 1 saturated heterocycles. The fourth-order valence-corrected chi connectivity index (χ4v) is 2.90. The summed E-state index contributed by atoms with van der Waals surface area (Å²) in [6, 6.07) is 14.9. The molecule has 0 spiro atoms. The molecule has 1 aliphatic heterocycles. The van der Waals surface area contributed by atoms with Crippen LogP contribution in [0, 0.1) is 5.82 Å². The molecule has 0 unspecified atom stereocenters. The zero-order chi connectivity index (χ0) is 15.4. The van der Waals surface area contributed by atoms with E-state index in [0.29, 0.717) is 5.69 Å². The van der Waals surface area contributed by atoms with Crippen LogP contribution in [0.3, 0.4) is 0 Å². The first-order valence-electron chi connectivity index (χ1n) is 7.72. The van der Waals surface area contributed by atoms with E-state index >= 15 is 0 Å². The predicted molar refractivity (Wildman–Crippen MR) is 86.9 cm³/mol. The number of aromatic hydroxyl groups is 1. The van der Waals surface area contributed by atoms with Crippen LogP contribution in [0.2, 0.25) is 0 Å². The van der Waals surface area contributed by atoms with E-state index in [4.69, 9.17) is 0 Å². The Balaban J connectivity index is 1.52. The molecular formula is C18H21FN2O. The molecule has 0 aromatic heterocycles. The number of piperazine rings is 1. The third-order valence-electron chi connectivity index (χ3n) is 4.20. The van der Waals surface area contributed by atoms with Crippen LogP contribution in [0.5, 0.6) is 5.75 Å². The summed E-state index contributed by atoms with van der Waals surface area (Å²) in [5, 5.41) is 9.29. The van der Waals surface area contributed by atoms with Gasteiger partial charge in [0.1, 0.15) is 11.6 Å². The van der Waals surface area contributed by atoms with Gasteiger partial charge in [-0.2, -0.15) is 0 Å². The van der Waals surface area contributed by atoms with Gasteiger partial charge in [0.05, 0.1) is 5.69 Å². The van der Waals surface area contributed by atoms with Crippen LogP contribution in [0.15, 0.2) is 48.5 Å². The highest BCUT2D eigenvalue weighted by molar-refractivity contribution is 5.50. The Labute approximate surface area is 130 Å². The van der Waals surface area contributed by atoms with Gasteiger partial charge in [-0.25, -0.2) is 4.39 Å². The Morgan fingerprint density at radius 2 is 1.68 bits per heavy atom. The van der Waals surface area contributed by atoms with Crippen molar-refractivity contribution in [3.63, 3.8) is 0 Å². The molecule has 1 aliphatic rings. The van der Waals surface area contributed by atoms with Crippen molar-refractivity contribution in [1.29, 1.82) is 0 Å². The maximum absolute atomic E-state index is 13.9. The average molecular weight is 300 g/mol. The standard InChI is InChI=1S/C18H21FN2O/c19-17-14-16(22)6-7-18(17)21-12-10-20(11-13-21)9-8-15-4-2-1-3-5-15/h1-7,14,22H,8-13H2. The zero-order valence-electron chi connectivity index (χ0n) is 12.6. The second-order valence-electron chi connectivity index (χ2n) is 5.70. The van der Waals surface area contributed by atoms with Gasteiger partial charge in [0.15, 0.2) is 0 Å². The quantitative estimate of drug-likeness (QED) is 0.940. The second kappa shape index (κ2) is 6.79. The summed E-state index contributed by atoms with van der Waals surface area (Å²) in [5.74, 6) is -0.375. The number of nitrogens with zero attached hydrogens (tertiary/aromatic N) is 2. The monoisotopic (exact) mass is 300 g/mol. The van der Waals surface area contributed by atoms with E-state index in [1.165, 1.54) is 11.6 Å². The maximum Gasteiger partial charge on any atom is 0.150 e. The third-order valence-corrected chi connectivity index (χ3v) is 4.20. The first-order chi connectivity index (χ1) is 10.7. The first-order valence-corrected chi connectivity index (χ1v) is 7.72. The molecule has 22 heavy (non-hydrogen) atoms. The number of anilines is 1. The Hall–Kier alpha value is -2.07. The summed E-state index contributed by atoms with van der Waals surface area (Å²) < 4.78 is 13.9. The molecule has 0 saturated carbocycles. The van der Waals surface area contributed by atoms with Crippen LogP contribution in [0.25, 0.3) is 0 Å². The van der Waals surface area contributed by atoms with E-state index in [9.17, 15) is 9.50 Å². The minimum absolute atomic E-state index is 0.0252. The van der Waals surface area contributed by atoms with Crippen molar-refractivity contribution in [3.8, 4) is 5.75 Å². The first kappa shape index (κ1) is 14.9. The predicted octanol–water partition coefficient (Wildman–Crippen LogP) is 2.90. The summed E-state index contributed by atoms with van der Waals surface area (Å²) in [6.07, 6.45) is 1.05. The molecule has 2 aromatic rings. The van der Waals surface area contributed by atoms with Crippen LogP contribution in [-0.4, -0.2) is 42.7 Å². The van der Waals surface area contributed by atoms with Gasteiger partial charge in [-0.05, 0) is 24.1 Å². The minimum Gasteiger partial charge on any atom is -0.508 e. The van der Waals surface area contributed by atoms with Crippen molar-refractivity contribution in [2.45, 2.75) is 6.42 Å². The lowest BCUT2D eigenvalue weighted by molar-refractivity contribution is 0.260. The molecule has 0 atom stereocenters. The molecule has 1 heterocycles. The summed E-state index contributed by atoms with van der Waals surface area (Å²) >= 11 is 0. The summed E-state index contributed by atoms with van der Waals surface area (Å²) in [4.78, 5) is 4.47. The molecule has 0 aliphatic carbocycles. The molecule has 1 N–H and O–H groups in total. The van der Waals surface area contributed by atoms with E-state index < -0.39 is 0 Å². The Kier molecular flexibility index (Phi) is 4.59. The highest BCUT2D eigenvalue weighted by atomic mass is 19.1. The van der Waals surface area contributed by atoms with Crippen molar-refractivity contribution in [2.75, 3.05) is 37.6 Å². The van der Waals surface area contributed by atoms with Gasteiger partial charge < -0.3 is 10.0 Å². The molecule has 116 valence electrons. The lowest BCUT2D eigenvalue weighted by atomic mass is 10.1. The molecular weight excluding hydrogens is 279 g/mol. The van der Waals surface area contributed by atoms with Crippen LogP contribution >= 0.6 is 0 Å². The number of phenols is 1. The van der Waals surface area contributed by atoms with Crippen molar-refractivity contribution >= 4 is 5.69 Å². The second-order valence-corrected chi connectivity index (χ2v) is 5.70. The number of hydrogen-bond acceptors (Lipinski definition) is 3. The number of benzene rings is 2. The molecule has 0 amide bonds. The number of hydrogen-bond donors (Lipinski definition) is 1. The van der Waals surface area contributed by atoms with E-state index in [-0.39, 0.29) is 11.6 Å². The SMILES string of the molecule is Oc1ccc(N2CCN(CCc3ccccc3)CC2)c(F)c1. The molecule has 2 aromatic carbocycles. The van der Waals surface area contributed by atoms with Gasteiger partial charge in [-0.1, -0.05) is 30.3 Å². The maximum atomic E-state index is 13.9.